The van der Waals surface area contributed by atoms with Gasteiger partial charge in [0, 0.05) is 21.8 Å². The highest BCUT2D eigenvalue weighted by molar-refractivity contribution is 14.1. The van der Waals surface area contributed by atoms with E-state index in [1.54, 1.807) is 18.4 Å². The Kier molecular flexibility index (Phi) is 8.11. The maximum atomic E-state index is 4.93. The summed E-state index contributed by atoms with van der Waals surface area (Å²) in [6.45, 7) is 0.719. The van der Waals surface area contributed by atoms with E-state index in [-0.39, 0.29) is 0 Å². The molecule has 0 N–H and O–H groups in total. The number of hydrogen-bond donors (Lipinski definition) is 0. The summed E-state index contributed by atoms with van der Waals surface area (Å²) in [5.74, 6) is 0. The number of thiophene rings is 1. The summed E-state index contributed by atoms with van der Waals surface area (Å²) in [5.41, 5.74) is 0. The number of ether oxygens (including phenoxy) is 1. The second-order valence-corrected chi connectivity index (χ2v) is 3.58. The molecule has 0 aliphatic rings. The van der Waals surface area contributed by atoms with Crippen molar-refractivity contribution in [3.63, 3.8) is 0 Å². The standard InChI is InChI=1S/C6H7BrOS.CH3I/c1-8-3-6-2-5(7)4-9-6;1-2/h2,4H,3H2,1H3;1H3. The first kappa shape index (κ1) is 11.9. The summed E-state index contributed by atoms with van der Waals surface area (Å²) in [4.78, 5) is 3.22. The van der Waals surface area contributed by atoms with Crippen LogP contribution < -0.4 is 0 Å². The maximum Gasteiger partial charge on any atom is 0.0805 e. The van der Waals surface area contributed by atoms with Gasteiger partial charge in [-0.05, 0) is 26.9 Å². The molecule has 0 unspecified atom stereocenters. The van der Waals surface area contributed by atoms with Gasteiger partial charge in [0.15, 0.2) is 0 Å². The molecule has 64 valence electrons. The predicted octanol–water partition coefficient (Wildman–Crippen LogP) is 3.71. The summed E-state index contributed by atoms with van der Waals surface area (Å²) in [5, 5.41) is 2.05. The number of rotatable bonds is 2. The molecule has 0 spiro atoms. The molecule has 1 aromatic heterocycles. The number of hydrogen-bond acceptors (Lipinski definition) is 2. The third-order valence-corrected chi connectivity index (χ3v) is 2.58. The van der Waals surface area contributed by atoms with E-state index in [0.29, 0.717) is 0 Å². The van der Waals surface area contributed by atoms with Crippen molar-refractivity contribution in [1.29, 1.82) is 0 Å². The Morgan fingerprint density at radius 1 is 1.64 bits per heavy atom. The van der Waals surface area contributed by atoms with E-state index in [1.807, 2.05) is 10.3 Å². The lowest BCUT2D eigenvalue weighted by atomic mass is 10.5. The minimum Gasteiger partial charge on any atom is -0.379 e. The van der Waals surface area contributed by atoms with E-state index in [2.05, 4.69) is 44.6 Å². The van der Waals surface area contributed by atoms with Crippen LogP contribution in [0.4, 0.5) is 0 Å². The lowest BCUT2D eigenvalue weighted by molar-refractivity contribution is 0.187. The Hall–Kier alpha value is 0.870. The van der Waals surface area contributed by atoms with Gasteiger partial charge in [0.1, 0.15) is 0 Å². The highest BCUT2D eigenvalue weighted by Gasteiger charge is 1.93. The van der Waals surface area contributed by atoms with Crippen LogP contribution in [0.1, 0.15) is 4.88 Å². The van der Waals surface area contributed by atoms with Gasteiger partial charge in [0.2, 0.25) is 0 Å². The van der Waals surface area contributed by atoms with Gasteiger partial charge in [0.05, 0.1) is 6.61 Å². The Balaban J connectivity index is 0.000000461. The molecule has 0 aromatic carbocycles. The van der Waals surface area contributed by atoms with Crippen LogP contribution in [0.15, 0.2) is 15.9 Å². The van der Waals surface area contributed by atoms with Crippen molar-refractivity contribution in [3.05, 3.63) is 20.8 Å². The quantitative estimate of drug-likeness (QED) is 0.584. The maximum absolute atomic E-state index is 4.93. The van der Waals surface area contributed by atoms with Crippen molar-refractivity contribution in [2.45, 2.75) is 6.61 Å². The second kappa shape index (κ2) is 7.52. The minimum atomic E-state index is 0.719. The molecule has 0 saturated carbocycles. The van der Waals surface area contributed by atoms with Gasteiger partial charge < -0.3 is 4.74 Å². The summed E-state index contributed by atoms with van der Waals surface area (Å²) in [6.07, 6.45) is 0. The van der Waals surface area contributed by atoms with Crippen LogP contribution in [0, 0.1) is 0 Å². The van der Waals surface area contributed by atoms with Gasteiger partial charge in [-0.1, -0.05) is 22.6 Å². The fourth-order valence-electron chi connectivity index (χ4n) is 0.572. The molecule has 1 aromatic rings. The van der Waals surface area contributed by atoms with Gasteiger partial charge >= 0.3 is 0 Å². The zero-order valence-electron chi connectivity index (χ0n) is 6.43. The lowest BCUT2D eigenvalue weighted by Crippen LogP contribution is -1.79. The summed E-state index contributed by atoms with van der Waals surface area (Å²) in [7, 11) is 1.70. The zero-order chi connectivity index (χ0) is 8.69. The molecule has 1 heterocycles. The Morgan fingerprint density at radius 3 is 2.64 bits per heavy atom. The molecule has 0 radical (unpaired) electrons. The van der Waals surface area contributed by atoms with Crippen molar-refractivity contribution in [3.8, 4) is 0 Å². The molecule has 1 nitrogen and oxygen atoms in total. The van der Waals surface area contributed by atoms with E-state index in [9.17, 15) is 0 Å². The van der Waals surface area contributed by atoms with E-state index in [1.165, 1.54) is 4.88 Å². The molecule has 4 heteroatoms. The van der Waals surface area contributed by atoms with Crippen LogP contribution in [0.5, 0.6) is 0 Å². The van der Waals surface area contributed by atoms with Crippen molar-refractivity contribution >= 4 is 49.9 Å². The molecule has 0 bridgehead atoms. The minimum absolute atomic E-state index is 0.719. The SMILES string of the molecule is CI.COCc1cc(Br)cs1. The Bertz CT molecular complexity index is 190. The molecule has 0 aliphatic heterocycles. The molecule has 0 aliphatic carbocycles. The third kappa shape index (κ3) is 5.16. The highest BCUT2D eigenvalue weighted by Crippen LogP contribution is 2.19. The summed E-state index contributed by atoms with van der Waals surface area (Å²) >= 11 is 7.21. The van der Waals surface area contributed by atoms with E-state index >= 15 is 0 Å². The first-order valence-corrected chi connectivity index (χ1v) is 6.75. The van der Waals surface area contributed by atoms with Gasteiger partial charge in [0.25, 0.3) is 0 Å². The van der Waals surface area contributed by atoms with E-state index in [0.717, 1.165) is 11.1 Å². The molecule has 0 saturated heterocycles. The van der Waals surface area contributed by atoms with Crippen molar-refractivity contribution in [2.75, 3.05) is 12.0 Å². The van der Waals surface area contributed by atoms with Crippen LogP contribution in [0.3, 0.4) is 0 Å². The Morgan fingerprint density at radius 2 is 2.27 bits per heavy atom. The van der Waals surface area contributed by atoms with Crippen LogP contribution >= 0.6 is 49.9 Å². The molecule has 0 amide bonds. The number of halogens is 2. The van der Waals surface area contributed by atoms with Crippen molar-refractivity contribution in [2.24, 2.45) is 0 Å². The number of alkyl halides is 1. The van der Waals surface area contributed by atoms with Crippen LogP contribution in [0.25, 0.3) is 0 Å². The van der Waals surface area contributed by atoms with Crippen LogP contribution in [0.2, 0.25) is 0 Å². The molecule has 11 heavy (non-hydrogen) atoms. The number of methoxy groups -OCH3 is 1. The monoisotopic (exact) mass is 348 g/mol. The first-order valence-electron chi connectivity index (χ1n) is 2.92. The third-order valence-electron chi connectivity index (χ3n) is 0.908. The lowest BCUT2D eigenvalue weighted by Gasteiger charge is -1.89. The van der Waals surface area contributed by atoms with Crippen molar-refractivity contribution < 1.29 is 4.74 Å². The van der Waals surface area contributed by atoms with Gasteiger partial charge in [-0.3, -0.25) is 0 Å². The molecular weight excluding hydrogens is 339 g/mol. The largest absolute Gasteiger partial charge is 0.379 e. The van der Waals surface area contributed by atoms with Gasteiger partial charge in [-0.15, -0.1) is 11.3 Å². The summed E-state index contributed by atoms with van der Waals surface area (Å²) < 4.78 is 6.07. The Labute approximate surface area is 93.4 Å². The van der Waals surface area contributed by atoms with Gasteiger partial charge in [-0.2, -0.15) is 0 Å². The normalized spacial score (nSPS) is 8.73. The van der Waals surface area contributed by atoms with E-state index < -0.39 is 0 Å². The molecule has 1 rings (SSSR count). The van der Waals surface area contributed by atoms with Gasteiger partial charge in [-0.25, -0.2) is 0 Å². The smallest absolute Gasteiger partial charge is 0.0805 e. The van der Waals surface area contributed by atoms with Crippen LogP contribution in [-0.2, 0) is 11.3 Å². The molecular formula is C7H10BrIOS. The predicted molar refractivity (Wildman–Crippen MR) is 62.7 cm³/mol. The molecule has 0 atom stereocenters. The fourth-order valence-corrected chi connectivity index (χ4v) is 1.99. The van der Waals surface area contributed by atoms with Crippen molar-refractivity contribution in [1.82, 2.24) is 0 Å². The molecule has 0 fully saturated rings. The van der Waals surface area contributed by atoms with E-state index in [4.69, 9.17) is 4.74 Å². The summed E-state index contributed by atoms with van der Waals surface area (Å²) in [6, 6.07) is 2.06. The highest BCUT2D eigenvalue weighted by atomic mass is 127. The zero-order valence-corrected chi connectivity index (χ0v) is 11.0. The fraction of sp³-hybridized carbons (Fsp3) is 0.429. The average Bonchev–Trinajstić information content (AvgIpc) is 2.41. The average molecular weight is 349 g/mol. The second-order valence-electron chi connectivity index (χ2n) is 1.66. The first-order chi connectivity index (χ1) is 5.33. The topological polar surface area (TPSA) is 9.23 Å². The van der Waals surface area contributed by atoms with Crippen LogP contribution in [-0.4, -0.2) is 12.0 Å².